The second-order valence-corrected chi connectivity index (χ2v) is 11.7. The van der Waals surface area contributed by atoms with Gasteiger partial charge in [0, 0.05) is 36.3 Å². The van der Waals surface area contributed by atoms with E-state index in [0.717, 1.165) is 37.1 Å². The fourth-order valence-electron chi connectivity index (χ4n) is 7.07. The van der Waals surface area contributed by atoms with Crippen LogP contribution in [0.1, 0.15) is 43.2 Å². The number of ether oxygens (including phenoxy) is 1. The molecule has 1 aliphatic carbocycles. The van der Waals surface area contributed by atoms with Gasteiger partial charge in [-0.25, -0.2) is 8.78 Å². The molecular weight excluding hydrogens is 571 g/mol. The molecule has 0 spiro atoms. The van der Waals surface area contributed by atoms with Crippen molar-refractivity contribution in [1.29, 1.82) is 0 Å². The monoisotopic (exact) mass is 596 g/mol. The van der Waals surface area contributed by atoms with Gasteiger partial charge >= 0.3 is 12.2 Å². The van der Waals surface area contributed by atoms with E-state index in [-0.39, 0.29) is 36.3 Å². The number of halogens is 6. The molecule has 0 saturated carbocycles. The third-order valence-corrected chi connectivity index (χ3v) is 9.05. The van der Waals surface area contributed by atoms with Crippen molar-refractivity contribution in [3.05, 3.63) is 45.4 Å². The van der Waals surface area contributed by atoms with Crippen LogP contribution < -0.4 is 5.73 Å². The van der Waals surface area contributed by atoms with E-state index < -0.39 is 51.4 Å². The number of benzene rings is 1. The number of oxime groups is 1. The maximum Gasteiger partial charge on any atom is 0.418 e. The van der Waals surface area contributed by atoms with Gasteiger partial charge in [0.05, 0.1) is 27.7 Å². The third-order valence-electron chi connectivity index (χ3n) is 8.75. The fraction of sp³-hybridized carbons (Fsp3) is 0.519. The predicted octanol–water partition coefficient (Wildman–Crippen LogP) is 5.31. The highest BCUT2D eigenvalue weighted by Crippen LogP contribution is 2.48. The number of anilines is 1. The molecule has 8 nitrogen and oxygen atoms in total. The molecule has 0 bridgehead atoms. The van der Waals surface area contributed by atoms with Crippen molar-refractivity contribution in [3.8, 4) is 0 Å². The molecule has 5 aliphatic heterocycles. The lowest BCUT2D eigenvalue weighted by atomic mass is 9.84. The smallest absolute Gasteiger partial charge is 0.418 e. The first-order chi connectivity index (χ1) is 19.6. The molecule has 41 heavy (non-hydrogen) atoms. The SMILES string of the molecule is Nc1cc(Cl)c(C(F)(F)F)c(C2=C(F)C3=NC(OC[C@@]45CCCN4C[C@H](F)C5)=NN4CCCC(=C34)[C@H]3CON=C23)c1. The normalized spacial score (nSPS) is 29.4. The van der Waals surface area contributed by atoms with Crippen molar-refractivity contribution in [2.24, 2.45) is 21.2 Å². The average molecular weight is 597 g/mol. The summed E-state index contributed by atoms with van der Waals surface area (Å²) in [5.74, 6) is -1.66. The molecule has 2 saturated heterocycles. The molecule has 14 heteroatoms. The Bertz CT molecular complexity index is 1490. The number of fused-ring (bicyclic) bond motifs is 3. The summed E-state index contributed by atoms with van der Waals surface area (Å²) in [6.07, 6.45) is -2.69. The van der Waals surface area contributed by atoms with Crippen molar-refractivity contribution >= 4 is 40.3 Å². The second kappa shape index (κ2) is 9.41. The summed E-state index contributed by atoms with van der Waals surface area (Å²) in [6.45, 7) is 1.68. The van der Waals surface area contributed by atoms with Gasteiger partial charge in [-0.1, -0.05) is 16.8 Å². The van der Waals surface area contributed by atoms with Crippen molar-refractivity contribution in [2.45, 2.75) is 50.0 Å². The van der Waals surface area contributed by atoms with E-state index in [9.17, 15) is 17.6 Å². The Morgan fingerprint density at radius 3 is 2.85 bits per heavy atom. The number of rotatable bonds is 3. The maximum atomic E-state index is 16.8. The number of alkyl halides is 4. The molecule has 3 atom stereocenters. The van der Waals surface area contributed by atoms with Crippen LogP contribution in [0.4, 0.5) is 27.6 Å². The fourth-order valence-corrected chi connectivity index (χ4v) is 7.41. The van der Waals surface area contributed by atoms with Gasteiger partial charge < -0.3 is 15.3 Å². The molecule has 218 valence electrons. The zero-order chi connectivity index (χ0) is 28.7. The number of amidine groups is 1. The second-order valence-electron chi connectivity index (χ2n) is 11.2. The predicted molar refractivity (Wildman–Crippen MR) is 143 cm³/mol. The van der Waals surface area contributed by atoms with Gasteiger partial charge in [-0.2, -0.15) is 18.2 Å². The molecule has 1 aromatic carbocycles. The maximum absolute atomic E-state index is 16.8. The van der Waals surface area contributed by atoms with E-state index in [1.807, 2.05) is 0 Å². The summed E-state index contributed by atoms with van der Waals surface area (Å²) in [7, 11) is 0. The topological polar surface area (TPSA) is 88.0 Å². The Morgan fingerprint density at radius 1 is 1.22 bits per heavy atom. The van der Waals surface area contributed by atoms with Gasteiger partial charge in [-0.05, 0) is 49.9 Å². The summed E-state index contributed by atoms with van der Waals surface area (Å²) in [4.78, 5) is 11.8. The van der Waals surface area contributed by atoms with Crippen LogP contribution in [0.5, 0.6) is 0 Å². The number of nitrogens with zero attached hydrogens (tertiary/aromatic N) is 5. The number of hydrogen-bond donors (Lipinski definition) is 1. The van der Waals surface area contributed by atoms with E-state index in [4.69, 9.17) is 26.9 Å². The van der Waals surface area contributed by atoms with Crippen LogP contribution in [0.3, 0.4) is 0 Å². The summed E-state index contributed by atoms with van der Waals surface area (Å²) in [5, 5.41) is 9.47. The lowest BCUT2D eigenvalue weighted by Crippen LogP contribution is -2.43. The van der Waals surface area contributed by atoms with E-state index >= 15 is 4.39 Å². The highest BCUT2D eigenvalue weighted by atomic mass is 35.5. The van der Waals surface area contributed by atoms with Crippen molar-refractivity contribution in [1.82, 2.24) is 9.91 Å². The van der Waals surface area contributed by atoms with Crippen LogP contribution in [0, 0.1) is 5.92 Å². The van der Waals surface area contributed by atoms with Gasteiger partial charge in [0.25, 0.3) is 0 Å². The van der Waals surface area contributed by atoms with Gasteiger partial charge in [-0.15, -0.1) is 5.10 Å². The number of hydrogen-bond acceptors (Lipinski definition) is 8. The van der Waals surface area contributed by atoms with E-state index in [1.54, 1.807) is 5.01 Å². The first-order valence-electron chi connectivity index (χ1n) is 13.5. The summed E-state index contributed by atoms with van der Waals surface area (Å²) in [5.41, 5.74) is 4.04. The largest absolute Gasteiger partial charge is 0.460 e. The lowest BCUT2D eigenvalue weighted by Gasteiger charge is -2.34. The summed E-state index contributed by atoms with van der Waals surface area (Å²) in [6, 6.07) is 1.89. The standard InChI is InChI=1S/C27H26ClF5N6O2/c28-18-8-14(34)7-16(20(18)27(31,32)33)19-21(30)23-24-15(17-11-41-37-22(17)19)3-1-6-39(24)36-25(35-23)40-12-26-4-2-5-38(26)10-13(29)9-26/h7-8,13,17H,1-6,9-12,34H2/t13-,17-,26+/m1/s1. The minimum absolute atomic E-state index is 0.0130. The molecule has 0 amide bonds. The first-order valence-corrected chi connectivity index (χ1v) is 13.9. The Balaban J connectivity index is 1.36. The lowest BCUT2D eigenvalue weighted by molar-refractivity contribution is -0.137. The minimum Gasteiger partial charge on any atom is -0.460 e. The van der Waals surface area contributed by atoms with Crippen LogP contribution in [0.25, 0.3) is 5.57 Å². The quantitative estimate of drug-likeness (QED) is 0.378. The number of nitrogen functional groups attached to an aromatic ring is 1. The van der Waals surface area contributed by atoms with Gasteiger partial charge in [0.1, 0.15) is 30.8 Å². The Labute approximate surface area is 237 Å². The molecule has 0 unspecified atom stereocenters. The Kier molecular flexibility index (Phi) is 6.13. The molecule has 7 rings (SSSR count). The number of hydrazone groups is 1. The number of nitrogens with two attached hydrogens (primary N) is 1. The van der Waals surface area contributed by atoms with Gasteiger partial charge in [0.2, 0.25) is 0 Å². The van der Waals surface area contributed by atoms with Gasteiger partial charge in [-0.3, -0.25) is 9.91 Å². The van der Waals surface area contributed by atoms with Crippen LogP contribution in [-0.2, 0) is 15.8 Å². The van der Waals surface area contributed by atoms with Crippen LogP contribution in [0.2, 0.25) is 5.02 Å². The van der Waals surface area contributed by atoms with Crippen molar-refractivity contribution in [3.63, 3.8) is 0 Å². The first kappa shape index (κ1) is 26.7. The molecule has 2 fully saturated rings. The zero-order valence-electron chi connectivity index (χ0n) is 21.8. The Morgan fingerprint density at radius 2 is 2.05 bits per heavy atom. The number of aliphatic imine (C=N–C) groups is 1. The molecule has 2 N–H and O–H groups in total. The van der Waals surface area contributed by atoms with E-state index in [2.05, 4.69) is 20.1 Å². The number of allylic oxidation sites excluding steroid dienone is 2. The van der Waals surface area contributed by atoms with Crippen LogP contribution in [0.15, 0.2) is 44.5 Å². The molecule has 5 heterocycles. The molecule has 6 aliphatic rings. The Hall–Kier alpha value is -3.19. The molecule has 0 radical (unpaired) electrons. The molecule has 1 aromatic rings. The minimum atomic E-state index is -4.92. The van der Waals surface area contributed by atoms with Crippen molar-refractivity contribution in [2.75, 3.05) is 38.6 Å². The zero-order valence-corrected chi connectivity index (χ0v) is 22.5. The molecular formula is C27H26ClF5N6O2. The summed E-state index contributed by atoms with van der Waals surface area (Å²) >= 11 is 6.04. The van der Waals surface area contributed by atoms with Crippen LogP contribution >= 0.6 is 11.6 Å². The van der Waals surface area contributed by atoms with Crippen LogP contribution in [-0.4, -0.2) is 71.9 Å². The highest BCUT2D eigenvalue weighted by Gasteiger charge is 2.50. The van der Waals surface area contributed by atoms with Gasteiger partial charge in [0.15, 0.2) is 5.83 Å². The van der Waals surface area contributed by atoms with E-state index in [0.29, 0.717) is 38.0 Å². The van der Waals surface area contributed by atoms with E-state index in [1.165, 1.54) is 0 Å². The summed E-state index contributed by atoms with van der Waals surface area (Å²) < 4.78 is 80.0. The van der Waals surface area contributed by atoms with Crippen molar-refractivity contribution < 1.29 is 31.5 Å². The third kappa shape index (κ3) is 4.22. The highest BCUT2D eigenvalue weighted by molar-refractivity contribution is 6.37. The molecule has 0 aromatic heterocycles. The average Bonchev–Trinajstić information content (AvgIpc) is 3.58.